The molecule has 0 radical (unpaired) electrons. The molecule has 1 heterocycles. The standard InChI is InChI=1S/C23H36F2O3.C2H6/c1-3-4-5-19-11-10-18(15-27-19)17-8-6-16(7-9-17)14-28-21-13-12-20(26-2)22(24)23(21)25;1-2/h16-19H,3-15H2,1-2H3;1-2H3. The largest absolute Gasteiger partial charge is 0.498 e. The van der Waals surface area contributed by atoms with Gasteiger partial charge in [-0.3, -0.25) is 0 Å². The third-order valence-corrected chi connectivity index (χ3v) is 6.84. The van der Waals surface area contributed by atoms with Gasteiger partial charge >= 0.3 is 0 Å². The zero-order valence-electron chi connectivity index (χ0n) is 19.5. The van der Waals surface area contributed by atoms with Crippen molar-refractivity contribution in [2.75, 3.05) is 20.3 Å². The van der Waals surface area contributed by atoms with Crippen molar-refractivity contribution in [3.63, 3.8) is 0 Å². The van der Waals surface area contributed by atoms with E-state index in [4.69, 9.17) is 14.2 Å². The second-order valence-corrected chi connectivity index (χ2v) is 8.71. The van der Waals surface area contributed by atoms with Gasteiger partial charge in [0.05, 0.1) is 26.4 Å². The Morgan fingerprint density at radius 1 is 0.900 bits per heavy atom. The molecule has 0 aromatic rings. The molecule has 0 aromatic carbocycles. The minimum atomic E-state index is -0.901. The number of rotatable bonds is 8. The Hall–Kier alpha value is -1.10. The van der Waals surface area contributed by atoms with Crippen molar-refractivity contribution in [2.45, 2.75) is 97.5 Å². The van der Waals surface area contributed by atoms with Crippen molar-refractivity contribution < 1.29 is 23.0 Å². The number of hydrogen-bond donors (Lipinski definition) is 0. The number of methoxy groups -OCH3 is 1. The smallest absolute Gasteiger partial charge is 0.199 e. The molecule has 0 bridgehead atoms. The van der Waals surface area contributed by atoms with E-state index in [9.17, 15) is 8.78 Å². The Morgan fingerprint density at radius 3 is 2.13 bits per heavy atom. The molecule has 2 aliphatic carbocycles. The predicted octanol–water partition coefficient (Wildman–Crippen LogP) is 7.62. The molecule has 1 saturated carbocycles. The van der Waals surface area contributed by atoms with Gasteiger partial charge in [-0.05, 0) is 62.7 Å². The third-order valence-electron chi connectivity index (χ3n) is 6.84. The second kappa shape index (κ2) is 13.3. The Bertz CT molecular complexity index is 557. The van der Waals surface area contributed by atoms with E-state index < -0.39 is 11.7 Å². The van der Waals surface area contributed by atoms with Crippen LogP contribution in [0.5, 0.6) is 0 Å². The van der Waals surface area contributed by atoms with Crippen molar-refractivity contribution in [3.8, 4) is 0 Å². The first-order valence-electron chi connectivity index (χ1n) is 12.2. The van der Waals surface area contributed by atoms with Crippen molar-refractivity contribution in [1.29, 1.82) is 0 Å². The molecule has 1 saturated heterocycles. The maximum Gasteiger partial charge on any atom is 0.199 e. The first-order valence-corrected chi connectivity index (χ1v) is 12.2. The van der Waals surface area contributed by atoms with Crippen LogP contribution in [-0.2, 0) is 14.2 Å². The summed E-state index contributed by atoms with van der Waals surface area (Å²) in [4.78, 5) is 0. The monoisotopic (exact) mass is 428 g/mol. The molecular formula is C25H42F2O3. The minimum absolute atomic E-state index is 0.0805. The van der Waals surface area contributed by atoms with E-state index >= 15 is 0 Å². The van der Waals surface area contributed by atoms with Gasteiger partial charge in [0.1, 0.15) is 11.5 Å². The average Bonchev–Trinajstić information content (AvgIpc) is 2.81. The molecule has 0 aromatic heterocycles. The van der Waals surface area contributed by atoms with Crippen LogP contribution in [0.1, 0.15) is 91.4 Å². The van der Waals surface area contributed by atoms with Gasteiger partial charge in [-0.25, -0.2) is 0 Å². The van der Waals surface area contributed by atoms with E-state index in [2.05, 4.69) is 6.92 Å². The van der Waals surface area contributed by atoms with Crippen molar-refractivity contribution in [3.05, 3.63) is 23.2 Å². The van der Waals surface area contributed by atoms with Crippen molar-refractivity contribution >= 4 is 0 Å². The summed E-state index contributed by atoms with van der Waals surface area (Å²) in [6.07, 6.45) is 12.1. The van der Waals surface area contributed by atoms with Gasteiger partial charge in [-0.15, -0.1) is 0 Å². The zero-order chi connectivity index (χ0) is 21.9. The second-order valence-electron chi connectivity index (χ2n) is 8.71. The molecule has 0 spiro atoms. The van der Waals surface area contributed by atoms with Crippen LogP contribution in [0.15, 0.2) is 23.2 Å². The summed E-state index contributed by atoms with van der Waals surface area (Å²) in [6.45, 7) is 7.65. The summed E-state index contributed by atoms with van der Waals surface area (Å²) in [5, 5.41) is 0. The quantitative estimate of drug-likeness (QED) is 0.398. The number of hydrogen-bond acceptors (Lipinski definition) is 3. The third kappa shape index (κ3) is 6.96. The van der Waals surface area contributed by atoms with Crippen LogP contribution >= 0.6 is 0 Å². The van der Waals surface area contributed by atoms with Crippen LogP contribution < -0.4 is 0 Å². The summed E-state index contributed by atoms with van der Waals surface area (Å²) in [6, 6.07) is 0. The predicted molar refractivity (Wildman–Crippen MR) is 117 cm³/mol. The molecule has 3 rings (SSSR count). The molecular weight excluding hydrogens is 386 g/mol. The number of halogens is 2. The molecule has 1 aliphatic heterocycles. The lowest BCUT2D eigenvalue weighted by Crippen LogP contribution is -2.33. The molecule has 0 amide bonds. The van der Waals surface area contributed by atoms with E-state index in [1.165, 1.54) is 52.1 Å². The van der Waals surface area contributed by atoms with E-state index in [0.29, 0.717) is 37.4 Å². The van der Waals surface area contributed by atoms with Gasteiger partial charge in [0, 0.05) is 12.8 Å². The summed E-state index contributed by atoms with van der Waals surface area (Å²) in [5.74, 6) is 0.338. The maximum absolute atomic E-state index is 14.1. The van der Waals surface area contributed by atoms with Gasteiger partial charge < -0.3 is 14.2 Å². The fraction of sp³-hybridized carbons (Fsp3) is 0.840. The van der Waals surface area contributed by atoms with E-state index in [1.807, 2.05) is 13.8 Å². The lowest BCUT2D eigenvalue weighted by molar-refractivity contribution is -0.0439. The van der Waals surface area contributed by atoms with Crippen LogP contribution in [-0.4, -0.2) is 26.4 Å². The normalized spacial score (nSPS) is 29.9. The molecule has 30 heavy (non-hydrogen) atoms. The van der Waals surface area contributed by atoms with Crippen LogP contribution in [0.3, 0.4) is 0 Å². The van der Waals surface area contributed by atoms with Gasteiger partial charge in [0.2, 0.25) is 0 Å². The number of ether oxygens (including phenoxy) is 3. The van der Waals surface area contributed by atoms with Crippen LogP contribution in [0.2, 0.25) is 0 Å². The highest BCUT2D eigenvalue weighted by Crippen LogP contribution is 2.39. The Morgan fingerprint density at radius 2 is 1.53 bits per heavy atom. The van der Waals surface area contributed by atoms with E-state index in [1.54, 1.807) is 0 Å². The highest BCUT2D eigenvalue weighted by Gasteiger charge is 2.32. The summed E-state index contributed by atoms with van der Waals surface area (Å²) in [5.41, 5.74) is 0. The number of unbranched alkanes of at least 4 members (excludes halogenated alkanes) is 1. The van der Waals surface area contributed by atoms with Gasteiger partial charge in [-0.2, -0.15) is 8.78 Å². The molecule has 2 fully saturated rings. The Balaban J connectivity index is 0.00000155. The lowest BCUT2D eigenvalue weighted by atomic mass is 9.74. The van der Waals surface area contributed by atoms with Gasteiger partial charge in [-0.1, -0.05) is 33.6 Å². The van der Waals surface area contributed by atoms with Gasteiger partial charge in [0.15, 0.2) is 11.7 Å². The lowest BCUT2D eigenvalue weighted by Gasteiger charge is -2.38. The topological polar surface area (TPSA) is 27.7 Å². The zero-order valence-corrected chi connectivity index (χ0v) is 19.5. The first kappa shape index (κ1) is 25.2. The summed E-state index contributed by atoms with van der Waals surface area (Å²) < 4.78 is 44.6. The molecule has 0 N–H and O–H groups in total. The minimum Gasteiger partial charge on any atom is -0.498 e. The summed E-state index contributed by atoms with van der Waals surface area (Å²) in [7, 11) is 1.37. The summed E-state index contributed by atoms with van der Waals surface area (Å²) >= 11 is 0. The van der Waals surface area contributed by atoms with Crippen LogP contribution in [0, 0.1) is 17.8 Å². The van der Waals surface area contributed by atoms with Crippen molar-refractivity contribution in [1.82, 2.24) is 0 Å². The molecule has 174 valence electrons. The molecule has 2 atom stereocenters. The average molecular weight is 429 g/mol. The fourth-order valence-electron chi connectivity index (χ4n) is 4.92. The van der Waals surface area contributed by atoms with E-state index in [0.717, 1.165) is 25.4 Å². The molecule has 5 heteroatoms. The van der Waals surface area contributed by atoms with Crippen LogP contribution in [0.4, 0.5) is 8.78 Å². The molecule has 3 aliphatic rings. The first-order chi connectivity index (χ1) is 14.6. The van der Waals surface area contributed by atoms with Crippen molar-refractivity contribution in [2.24, 2.45) is 17.8 Å². The maximum atomic E-state index is 14.1. The van der Waals surface area contributed by atoms with Crippen LogP contribution in [0.25, 0.3) is 0 Å². The fourth-order valence-corrected chi connectivity index (χ4v) is 4.92. The Kier molecular flexibility index (Phi) is 11.2. The number of allylic oxidation sites excluding steroid dienone is 4. The molecule has 3 nitrogen and oxygen atoms in total. The van der Waals surface area contributed by atoms with Gasteiger partial charge in [0.25, 0.3) is 0 Å². The Labute approximate surface area is 182 Å². The molecule has 2 unspecified atom stereocenters. The highest BCUT2D eigenvalue weighted by molar-refractivity contribution is 5.29. The van der Waals surface area contributed by atoms with E-state index in [-0.39, 0.29) is 11.5 Å². The SMILES string of the molecule is CC.CCCCC1CCC(C2CCC(COC3=C(F)C(F)=C(OC)CC3)CC2)CO1. The highest BCUT2D eigenvalue weighted by atomic mass is 19.2.